The van der Waals surface area contributed by atoms with E-state index in [9.17, 15) is 5.11 Å². The van der Waals surface area contributed by atoms with Gasteiger partial charge in [0.15, 0.2) is 0 Å². The van der Waals surface area contributed by atoms with Gasteiger partial charge in [-0.25, -0.2) is 0 Å². The molecule has 0 atom stereocenters. The molecule has 2 rings (SSSR count). The molecule has 0 unspecified atom stereocenters. The highest BCUT2D eigenvalue weighted by Gasteiger charge is 2.19. The van der Waals surface area contributed by atoms with Gasteiger partial charge in [0, 0.05) is 6.04 Å². The molecule has 1 aliphatic rings. The maximum absolute atomic E-state index is 9.41. The Morgan fingerprint density at radius 2 is 2.05 bits per heavy atom. The van der Waals surface area contributed by atoms with Crippen molar-refractivity contribution in [1.29, 1.82) is 0 Å². The second-order valence-corrected chi connectivity index (χ2v) is 6.01. The van der Waals surface area contributed by atoms with Gasteiger partial charge in [0.1, 0.15) is 5.75 Å². The van der Waals surface area contributed by atoms with E-state index in [4.69, 9.17) is 5.73 Å². The quantitative estimate of drug-likeness (QED) is 0.638. The van der Waals surface area contributed by atoms with Crippen LogP contribution in [-0.4, -0.2) is 54.7 Å². The Morgan fingerprint density at radius 3 is 2.70 bits per heavy atom. The predicted octanol–water partition coefficient (Wildman–Crippen LogP) is 1.93. The summed E-state index contributed by atoms with van der Waals surface area (Å²) in [7, 11) is 4.44. The summed E-state index contributed by atoms with van der Waals surface area (Å²) < 4.78 is 0. The predicted molar refractivity (Wildman–Crippen MR) is 84.0 cm³/mol. The smallest absolute Gasteiger partial charge is 0.138 e. The van der Waals surface area contributed by atoms with Crippen molar-refractivity contribution >= 4 is 5.69 Å². The molecule has 0 aliphatic carbocycles. The number of nitrogens with two attached hydrogens (primary N) is 1. The van der Waals surface area contributed by atoms with Gasteiger partial charge in [0.25, 0.3) is 0 Å². The van der Waals surface area contributed by atoms with Crippen LogP contribution in [0.4, 0.5) is 5.69 Å². The van der Waals surface area contributed by atoms with E-state index in [1.165, 1.54) is 31.5 Å². The monoisotopic (exact) mass is 277 g/mol. The van der Waals surface area contributed by atoms with Crippen LogP contribution in [0.25, 0.3) is 0 Å². The van der Waals surface area contributed by atoms with E-state index in [0.717, 1.165) is 25.4 Å². The topological polar surface area (TPSA) is 52.7 Å². The van der Waals surface area contributed by atoms with Crippen LogP contribution in [0.5, 0.6) is 5.75 Å². The van der Waals surface area contributed by atoms with Gasteiger partial charge in [0.2, 0.25) is 0 Å². The van der Waals surface area contributed by atoms with Crippen molar-refractivity contribution in [2.75, 3.05) is 39.5 Å². The second kappa shape index (κ2) is 6.95. The van der Waals surface area contributed by atoms with Crippen molar-refractivity contribution in [3.63, 3.8) is 0 Å². The van der Waals surface area contributed by atoms with Crippen molar-refractivity contribution in [2.45, 2.75) is 31.7 Å². The molecular formula is C16H27N3O. The number of piperidine rings is 1. The van der Waals surface area contributed by atoms with Crippen molar-refractivity contribution in [3.8, 4) is 5.75 Å². The molecule has 112 valence electrons. The molecule has 4 nitrogen and oxygen atoms in total. The fourth-order valence-corrected chi connectivity index (χ4v) is 2.91. The third-order valence-corrected chi connectivity index (χ3v) is 4.38. The third kappa shape index (κ3) is 4.12. The summed E-state index contributed by atoms with van der Waals surface area (Å²) >= 11 is 0. The lowest BCUT2D eigenvalue weighted by Crippen LogP contribution is -2.42. The van der Waals surface area contributed by atoms with Crippen LogP contribution in [0.15, 0.2) is 18.2 Å². The van der Waals surface area contributed by atoms with Crippen molar-refractivity contribution in [3.05, 3.63) is 23.8 Å². The van der Waals surface area contributed by atoms with Crippen LogP contribution in [-0.2, 0) is 6.42 Å². The first-order valence-electron chi connectivity index (χ1n) is 7.52. The molecule has 0 saturated carbocycles. The van der Waals surface area contributed by atoms with E-state index < -0.39 is 0 Å². The Bertz CT molecular complexity index is 428. The average Bonchev–Trinajstić information content (AvgIpc) is 2.43. The third-order valence-electron chi connectivity index (χ3n) is 4.38. The zero-order valence-corrected chi connectivity index (χ0v) is 12.7. The maximum atomic E-state index is 9.41. The number of hydrogen-bond acceptors (Lipinski definition) is 4. The molecular weight excluding hydrogens is 250 g/mol. The van der Waals surface area contributed by atoms with Crippen LogP contribution in [0, 0.1) is 0 Å². The molecule has 20 heavy (non-hydrogen) atoms. The van der Waals surface area contributed by atoms with Gasteiger partial charge < -0.3 is 20.6 Å². The van der Waals surface area contributed by atoms with E-state index in [1.807, 2.05) is 12.1 Å². The fourth-order valence-electron chi connectivity index (χ4n) is 2.91. The number of aryl methyl sites for hydroxylation is 1. The van der Waals surface area contributed by atoms with E-state index in [1.54, 1.807) is 6.07 Å². The number of nitrogens with zero attached hydrogens (tertiary/aromatic N) is 2. The van der Waals surface area contributed by atoms with Crippen LogP contribution in [0.3, 0.4) is 0 Å². The average molecular weight is 277 g/mol. The Labute approximate surface area is 122 Å². The van der Waals surface area contributed by atoms with Gasteiger partial charge >= 0.3 is 0 Å². The number of rotatable bonds is 5. The van der Waals surface area contributed by atoms with Gasteiger partial charge in [-0.05, 0) is 77.1 Å². The number of phenolic OH excluding ortho intramolecular Hbond substituents is 1. The minimum absolute atomic E-state index is 0.178. The van der Waals surface area contributed by atoms with Crippen molar-refractivity contribution < 1.29 is 5.11 Å². The molecule has 4 heteroatoms. The lowest BCUT2D eigenvalue weighted by Gasteiger charge is -2.35. The first kappa shape index (κ1) is 15.1. The number of benzene rings is 1. The molecule has 0 aromatic heterocycles. The molecule has 0 spiro atoms. The summed E-state index contributed by atoms with van der Waals surface area (Å²) in [6, 6.07) is 6.26. The first-order chi connectivity index (χ1) is 9.56. The molecule has 1 aromatic carbocycles. The molecule has 1 saturated heterocycles. The standard InChI is InChI=1S/C16H27N3O/c1-18-10-7-14(8-11-18)19(2)9-3-4-13-5-6-16(20)15(17)12-13/h5-6,12,14,20H,3-4,7-11,17H2,1-2H3. The highest BCUT2D eigenvalue weighted by molar-refractivity contribution is 5.53. The summed E-state index contributed by atoms with van der Waals surface area (Å²) in [5, 5.41) is 9.41. The summed E-state index contributed by atoms with van der Waals surface area (Å²) in [5.41, 5.74) is 7.40. The molecule has 0 amide bonds. The minimum atomic E-state index is 0.178. The highest BCUT2D eigenvalue weighted by atomic mass is 16.3. The van der Waals surface area contributed by atoms with Crippen LogP contribution >= 0.6 is 0 Å². The molecule has 1 fully saturated rings. The van der Waals surface area contributed by atoms with Gasteiger partial charge in [-0.1, -0.05) is 6.07 Å². The SMILES string of the molecule is CN1CCC(N(C)CCCc2ccc(O)c(N)c2)CC1. The number of likely N-dealkylation sites (tertiary alicyclic amines) is 1. The zero-order valence-electron chi connectivity index (χ0n) is 12.7. The number of hydrogen-bond donors (Lipinski definition) is 2. The van der Waals surface area contributed by atoms with Crippen molar-refractivity contribution in [2.24, 2.45) is 0 Å². The lowest BCUT2D eigenvalue weighted by molar-refractivity contribution is 0.143. The molecule has 1 heterocycles. The lowest BCUT2D eigenvalue weighted by atomic mass is 10.0. The van der Waals surface area contributed by atoms with Gasteiger partial charge in [-0.15, -0.1) is 0 Å². The first-order valence-corrected chi connectivity index (χ1v) is 7.52. The molecule has 1 aliphatic heterocycles. The van der Waals surface area contributed by atoms with E-state index in [0.29, 0.717) is 5.69 Å². The fraction of sp³-hybridized carbons (Fsp3) is 0.625. The molecule has 3 N–H and O–H groups in total. The second-order valence-electron chi connectivity index (χ2n) is 6.01. The summed E-state index contributed by atoms with van der Waals surface area (Å²) in [6.45, 7) is 3.54. The summed E-state index contributed by atoms with van der Waals surface area (Å²) in [5.74, 6) is 0.178. The van der Waals surface area contributed by atoms with Crippen LogP contribution in [0.1, 0.15) is 24.8 Å². The highest BCUT2D eigenvalue weighted by Crippen LogP contribution is 2.21. The number of aromatic hydroxyl groups is 1. The van der Waals surface area contributed by atoms with E-state index >= 15 is 0 Å². The molecule has 0 radical (unpaired) electrons. The number of phenols is 1. The minimum Gasteiger partial charge on any atom is -0.506 e. The van der Waals surface area contributed by atoms with E-state index in [2.05, 4.69) is 23.9 Å². The Balaban J connectivity index is 1.73. The van der Waals surface area contributed by atoms with Crippen LogP contribution in [0.2, 0.25) is 0 Å². The van der Waals surface area contributed by atoms with Gasteiger partial charge in [-0.2, -0.15) is 0 Å². The normalized spacial score (nSPS) is 17.8. The van der Waals surface area contributed by atoms with Crippen molar-refractivity contribution in [1.82, 2.24) is 9.80 Å². The molecule has 1 aromatic rings. The maximum Gasteiger partial charge on any atom is 0.138 e. The van der Waals surface area contributed by atoms with Gasteiger partial charge in [0.05, 0.1) is 5.69 Å². The summed E-state index contributed by atoms with van der Waals surface area (Å²) in [6.07, 6.45) is 4.70. The zero-order chi connectivity index (χ0) is 14.5. The molecule has 0 bridgehead atoms. The van der Waals surface area contributed by atoms with Gasteiger partial charge in [-0.3, -0.25) is 0 Å². The number of anilines is 1. The Kier molecular flexibility index (Phi) is 5.26. The Hall–Kier alpha value is -1.26. The number of nitrogen functional groups attached to an aromatic ring is 1. The largest absolute Gasteiger partial charge is 0.506 e. The summed E-state index contributed by atoms with van der Waals surface area (Å²) in [4.78, 5) is 4.90. The van der Waals surface area contributed by atoms with Crippen LogP contribution < -0.4 is 5.73 Å². The van der Waals surface area contributed by atoms with E-state index in [-0.39, 0.29) is 5.75 Å². The Morgan fingerprint density at radius 1 is 1.35 bits per heavy atom.